The lowest BCUT2D eigenvalue weighted by Crippen LogP contribution is -2.54. The van der Waals surface area contributed by atoms with Crippen LogP contribution in [-0.2, 0) is 26.1 Å². The number of aromatic nitrogens is 1. The predicted octanol–water partition coefficient (Wildman–Crippen LogP) is 5.53. The summed E-state index contributed by atoms with van der Waals surface area (Å²) in [7, 11) is -2.26. The number of ether oxygens (including phenoxy) is 2. The zero-order valence-corrected chi connectivity index (χ0v) is 21.8. The SMILES string of the molecule is COC1=CC2C(c3cc4ccccc4n3S(=O)(=O)c3ccccc3)CC1CN2C(=O)OCc1ccccc1. The molecule has 0 saturated carbocycles. The molecular formula is C30H28N2O5S. The van der Waals surface area contributed by atoms with E-state index in [4.69, 9.17) is 9.47 Å². The molecular weight excluding hydrogens is 500 g/mol. The van der Waals surface area contributed by atoms with Gasteiger partial charge in [0.05, 0.1) is 29.3 Å². The van der Waals surface area contributed by atoms with Gasteiger partial charge in [0.2, 0.25) is 0 Å². The van der Waals surface area contributed by atoms with Crippen LogP contribution < -0.4 is 0 Å². The first-order valence-electron chi connectivity index (χ1n) is 12.6. The number of fused-ring (bicyclic) bond motifs is 3. The molecule has 38 heavy (non-hydrogen) atoms. The van der Waals surface area contributed by atoms with Crippen LogP contribution in [0.25, 0.3) is 10.9 Å². The van der Waals surface area contributed by atoms with E-state index in [-0.39, 0.29) is 23.3 Å². The number of methoxy groups -OCH3 is 1. The van der Waals surface area contributed by atoms with E-state index in [0.29, 0.717) is 24.2 Å². The second-order valence-corrected chi connectivity index (χ2v) is 11.5. The summed E-state index contributed by atoms with van der Waals surface area (Å²) in [6.45, 7) is 0.627. The number of para-hydroxylation sites is 1. The molecule has 3 aromatic carbocycles. The topological polar surface area (TPSA) is 77.8 Å². The van der Waals surface area contributed by atoms with Crippen molar-refractivity contribution in [3.8, 4) is 0 Å². The first kappa shape index (κ1) is 24.3. The maximum Gasteiger partial charge on any atom is 0.410 e. The number of hydrogen-bond acceptors (Lipinski definition) is 5. The molecule has 2 bridgehead atoms. The first-order valence-corrected chi connectivity index (χ1v) is 14.1. The van der Waals surface area contributed by atoms with Crippen LogP contribution >= 0.6 is 0 Å². The minimum atomic E-state index is -3.89. The van der Waals surface area contributed by atoms with E-state index in [0.717, 1.165) is 16.7 Å². The Bertz CT molecular complexity index is 1610. The van der Waals surface area contributed by atoms with Crippen molar-refractivity contribution in [2.45, 2.75) is 29.9 Å². The normalized spacial score (nSPS) is 20.8. The van der Waals surface area contributed by atoms with Crippen LogP contribution in [0.15, 0.2) is 108 Å². The van der Waals surface area contributed by atoms with Crippen LogP contribution in [0.3, 0.4) is 0 Å². The molecule has 3 unspecified atom stereocenters. The molecule has 7 nitrogen and oxygen atoms in total. The van der Waals surface area contributed by atoms with Gasteiger partial charge in [-0.3, -0.25) is 0 Å². The fraction of sp³-hybridized carbons (Fsp3) is 0.233. The lowest BCUT2D eigenvalue weighted by atomic mass is 9.75. The third kappa shape index (κ3) is 4.15. The van der Waals surface area contributed by atoms with Crippen molar-refractivity contribution in [1.82, 2.24) is 8.87 Å². The summed E-state index contributed by atoms with van der Waals surface area (Å²) >= 11 is 0. The molecule has 0 spiro atoms. The van der Waals surface area contributed by atoms with Gasteiger partial charge in [-0.2, -0.15) is 0 Å². The highest BCUT2D eigenvalue weighted by Crippen LogP contribution is 2.46. The van der Waals surface area contributed by atoms with Crippen molar-refractivity contribution in [2.75, 3.05) is 13.7 Å². The van der Waals surface area contributed by atoms with E-state index < -0.39 is 22.2 Å². The maximum atomic E-state index is 14.0. The Kier molecular flexibility index (Phi) is 6.19. The quantitative estimate of drug-likeness (QED) is 0.329. The van der Waals surface area contributed by atoms with Gasteiger partial charge in [-0.25, -0.2) is 17.2 Å². The number of carbonyl (C=O) groups is 1. The number of amides is 1. The molecule has 2 aliphatic heterocycles. The van der Waals surface area contributed by atoms with Crippen molar-refractivity contribution in [3.63, 3.8) is 0 Å². The van der Waals surface area contributed by atoms with Crippen LogP contribution in [-0.4, -0.2) is 43.1 Å². The van der Waals surface area contributed by atoms with E-state index >= 15 is 0 Å². The van der Waals surface area contributed by atoms with Crippen LogP contribution in [0.5, 0.6) is 0 Å². The van der Waals surface area contributed by atoms with E-state index in [1.807, 2.05) is 66.7 Å². The molecule has 7 rings (SSSR count). The lowest BCUT2D eigenvalue weighted by molar-refractivity contribution is 0.0399. The minimum absolute atomic E-state index is 0.0647. The van der Waals surface area contributed by atoms with Gasteiger partial charge < -0.3 is 14.4 Å². The molecule has 3 heterocycles. The van der Waals surface area contributed by atoms with Crippen LogP contribution in [0.4, 0.5) is 4.79 Å². The number of hydrogen-bond donors (Lipinski definition) is 0. The Labute approximate surface area is 222 Å². The molecule has 4 aromatic rings. The summed E-state index contributed by atoms with van der Waals surface area (Å²) in [6, 6.07) is 27.0. The highest BCUT2D eigenvalue weighted by Gasteiger charge is 2.47. The minimum Gasteiger partial charge on any atom is -0.501 e. The van der Waals surface area contributed by atoms with Crippen molar-refractivity contribution < 1.29 is 22.7 Å². The summed E-state index contributed by atoms with van der Waals surface area (Å²) in [5, 5.41) is 0.831. The van der Waals surface area contributed by atoms with Crippen LogP contribution in [0.2, 0.25) is 0 Å². The van der Waals surface area contributed by atoms with Gasteiger partial charge in [-0.05, 0) is 42.3 Å². The number of piperidine rings is 1. The fourth-order valence-electron chi connectivity index (χ4n) is 5.72. The third-order valence-corrected chi connectivity index (χ3v) is 9.25. The highest BCUT2D eigenvalue weighted by molar-refractivity contribution is 7.90. The summed E-state index contributed by atoms with van der Waals surface area (Å²) in [6.07, 6.45) is 2.19. The largest absolute Gasteiger partial charge is 0.501 e. The number of benzene rings is 3. The zero-order valence-electron chi connectivity index (χ0n) is 20.9. The molecule has 1 aliphatic carbocycles. The van der Waals surface area contributed by atoms with Crippen molar-refractivity contribution in [3.05, 3.63) is 114 Å². The third-order valence-electron chi connectivity index (χ3n) is 7.50. The average molecular weight is 529 g/mol. The smallest absolute Gasteiger partial charge is 0.410 e. The predicted molar refractivity (Wildman–Crippen MR) is 144 cm³/mol. The molecule has 1 amide bonds. The van der Waals surface area contributed by atoms with Crippen molar-refractivity contribution in [1.29, 1.82) is 0 Å². The Morgan fingerprint density at radius 2 is 1.63 bits per heavy atom. The monoisotopic (exact) mass is 528 g/mol. The van der Waals surface area contributed by atoms with E-state index in [1.54, 1.807) is 42.3 Å². The Hall–Kier alpha value is -4.04. The molecule has 3 aliphatic rings. The molecule has 1 fully saturated rings. The second kappa shape index (κ2) is 9.68. The second-order valence-electron chi connectivity index (χ2n) is 9.71. The van der Waals surface area contributed by atoms with Gasteiger partial charge >= 0.3 is 6.09 Å². The summed E-state index contributed by atoms with van der Waals surface area (Å²) < 4.78 is 40.8. The standard InChI is InChI=1S/C30H28N2O5S/c1-36-29-18-27-25(16-23(29)19-31(27)30(33)37-20-21-10-4-2-5-11-21)28-17-22-12-8-9-15-26(22)32(28)38(34,35)24-13-6-3-7-14-24/h2-15,17-18,23,25,27H,16,19-20H2,1H3. The summed E-state index contributed by atoms with van der Waals surface area (Å²) in [5.74, 6) is 0.500. The molecule has 1 saturated heterocycles. The van der Waals surface area contributed by atoms with Crippen LogP contribution in [0.1, 0.15) is 23.6 Å². The molecule has 1 aromatic heterocycles. The summed E-state index contributed by atoms with van der Waals surface area (Å²) in [5.41, 5.74) is 2.17. The first-order chi connectivity index (χ1) is 18.5. The lowest BCUT2D eigenvalue weighted by Gasteiger charge is -2.47. The average Bonchev–Trinajstić information content (AvgIpc) is 3.37. The molecule has 0 radical (unpaired) electrons. The number of rotatable bonds is 6. The highest BCUT2D eigenvalue weighted by atomic mass is 32.2. The van der Waals surface area contributed by atoms with Gasteiger partial charge in [0.15, 0.2) is 0 Å². The van der Waals surface area contributed by atoms with Gasteiger partial charge in [0.1, 0.15) is 6.61 Å². The fourth-order valence-corrected chi connectivity index (χ4v) is 7.32. The van der Waals surface area contributed by atoms with E-state index in [2.05, 4.69) is 0 Å². The molecule has 194 valence electrons. The molecule has 8 heteroatoms. The Balaban J connectivity index is 1.41. The summed E-state index contributed by atoms with van der Waals surface area (Å²) in [4.78, 5) is 15.2. The maximum absolute atomic E-state index is 14.0. The van der Waals surface area contributed by atoms with Gasteiger partial charge in [0.25, 0.3) is 10.0 Å². The van der Waals surface area contributed by atoms with Gasteiger partial charge in [-0.1, -0.05) is 66.7 Å². The molecule has 3 atom stereocenters. The van der Waals surface area contributed by atoms with Gasteiger partial charge in [-0.15, -0.1) is 0 Å². The van der Waals surface area contributed by atoms with E-state index in [1.165, 1.54) is 3.97 Å². The van der Waals surface area contributed by atoms with Crippen molar-refractivity contribution >= 4 is 27.0 Å². The Morgan fingerprint density at radius 1 is 0.947 bits per heavy atom. The number of carbonyl (C=O) groups excluding carboxylic acids is 1. The Morgan fingerprint density at radius 3 is 2.34 bits per heavy atom. The number of nitrogens with zero attached hydrogens (tertiary/aromatic N) is 2. The molecule has 0 N–H and O–H groups in total. The van der Waals surface area contributed by atoms with Gasteiger partial charge in [0, 0.05) is 29.5 Å². The van der Waals surface area contributed by atoms with Crippen molar-refractivity contribution in [2.24, 2.45) is 5.92 Å². The van der Waals surface area contributed by atoms with E-state index in [9.17, 15) is 13.2 Å². The van der Waals surface area contributed by atoms with Crippen LogP contribution in [0, 0.1) is 5.92 Å². The zero-order chi connectivity index (χ0) is 26.3.